The fourth-order valence-electron chi connectivity index (χ4n) is 5.72. The molecule has 236 valence electrons. The average molecular weight is 596 g/mol. The Morgan fingerprint density at radius 3 is 2.28 bits per heavy atom. The second kappa shape index (κ2) is 17.4. The predicted molar refractivity (Wildman–Crippen MR) is 171 cm³/mol. The number of aryl methyl sites for hydroxylation is 1. The van der Waals surface area contributed by atoms with Crippen LogP contribution in [0.3, 0.4) is 0 Å². The molecule has 2 amide bonds. The fraction of sp³-hybridized carbons (Fsp3) is 0.559. The van der Waals surface area contributed by atoms with Gasteiger partial charge in [0.2, 0.25) is 23.0 Å². The number of benzene rings is 1. The summed E-state index contributed by atoms with van der Waals surface area (Å²) in [5, 5.41) is 9.25. The number of methoxy groups -OCH3 is 3. The summed E-state index contributed by atoms with van der Waals surface area (Å²) in [4.78, 5) is 37.8. The highest BCUT2D eigenvalue weighted by atomic mass is 16.5. The zero-order valence-corrected chi connectivity index (χ0v) is 26.5. The van der Waals surface area contributed by atoms with E-state index in [1.165, 1.54) is 39.0 Å². The Labute approximate surface area is 256 Å². The van der Waals surface area contributed by atoms with Crippen LogP contribution in [0.5, 0.6) is 17.2 Å². The lowest BCUT2D eigenvalue weighted by Crippen LogP contribution is -2.26. The van der Waals surface area contributed by atoms with Crippen LogP contribution in [-0.4, -0.2) is 46.2 Å². The Balaban J connectivity index is 1.74. The summed E-state index contributed by atoms with van der Waals surface area (Å²) in [6, 6.07) is 6.81. The third-order valence-electron chi connectivity index (χ3n) is 7.91. The third-order valence-corrected chi connectivity index (χ3v) is 7.91. The molecule has 0 fully saturated rings. The summed E-state index contributed by atoms with van der Waals surface area (Å²) in [7, 11) is 4.71. The van der Waals surface area contributed by atoms with Gasteiger partial charge in [-0.15, -0.1) is 0 Å². The monoisotopic (exact) mass is 595 g/mol. The zero-order valence-electron chi connectivity index (χ0n) is 26.5. The van der Waals surface area contributed by atoms with Crippen molar-refractivity contribution in [3.05, 3.63) is 45.6 Å². The molecule has 2 aromatic carbocycles. The number of carbonyl (C=O) groups excluding carboxylic acids is 2. The van der Waals surface area contributed by atoms with Crippen molar-refractivity contribution in [2.24, 2.45) is 0 Å². The van der Waals surface area contributed by atoms with Gasteiger partial charge in [0.05, 0.1) is 33.1 Å². The highest BCUT2D eigenvalue weighted by Crippen LogP contribution is 2.50. The molecule has 43 heavy (non-hydrogen) atoms. The molecular formula is C34H49N3O6. The molecule has 0 saturated carbocycles. The molecule has 0 bridgehead atoms. The van der Waals surface area contributed by atoms with Crippen molar-refractivity contribution in [3.63, 3.8) is 0 Å². The summed E-state index contributed by atoms with van der Waals surface area (Å²) >= 11 is 0. The van der Waals surface area contributed by atoms with Crippen LogP contribution in [0.15, 0.2) is 29.1 Å². The van der Waals surface area contributed by atoms with Gasteiger partial charge in [-0.1, -0.05) is 51.5 Å². The molecule has 0 aromatic heterocycles. The van der Waals surface area contributed by atoms with Gasteiger partial charge in [-0.25, -0.2) is 0 Å². The van der Waals surface area contributed by atoms with Gasteiger partial charge in [-0.2, -0.15) is 0 Å². The minimum Gasteiger partial charge on any atom is -0.493 e. The van der Waals surface area contributed by atoms with Gasteiger partial charge in [0.25, 0.3) is 0 Å². The highest BCUT2D eigenvalue weighted by molar-refractivity contribution is 5.83. The van der Waals surface area contributed by atoms with E-state index >= 15 is 0 Å². The molecule has 1 aliphatic rings. The van der Waals surface area contributed by atoms with Crippen molar-refractivity contribution in [2.75, 3.05) is 39.7 Å². The van der Waals surface area contributed by atoms with Crippen molar-refractivity contribution in [2.45, 2.75) is 90.5 Å². The molecule has 9 nitrogen and oxygen atoms in total. The van der Waals surface area contributed by atoms with Crippen LogP contribution in [0.1, 0.15) is 95.2 Å². The lowest BCUT2D eigenvalue weighted by Gasteiger charge is -2.19. The smallest absolute Gasteiger partial charge is 0.220 e. The molecule has 2 aromatic rings. The van der Waals surface area contributed by atoms with E-state index in [1.54, 1.807) is 33.5 Å². The Morgan fingerprint density at radius 1 is 0.884 bits per heavy atom. The quantitative estimate of drug-likeness (QED) is 0.195. The number of ether oxygens (including phenoxy) is 3. The first-order valence-corrected chi connectivity index (χ1v) is 15.6. The van der Waals surface area contributed by atoms with Crippen LogP contribution < -0.4 is 35.6 Å². The number of unbranched alkanes of at least 4 members (excludes halogenated alkanes) is 6. The van der Waals surface area contributed by atoms with Crippen LogP contribution in [0.4, 0.5) is 5.69 Å². The van der Waals surface area contributed by atoms with Gasteiger partial charge >= 0.3 is 0 Å². The van der Waals surface area contributed by atoms with Crippen LogP contribution in [0.2, 0.25) is 0 Å². The first kappa shape index (κ1) is 33.7. The summed E-state index contributed by atoms with van der Waals surface area (Å²) in [6.45, 7) is 4.88. The lowest BCUT2D eigenvalue weighted by atomic mass is 9.95. The number of anilines is 1. The molecule has 3 N–H and O–H groups in total. The van der Waals surface area contributed by atoms with Gasteiger partial charge in [-0.3, -0.25) is 14.4 Å². The van der Waals surface area contributed by atoms with E-state index < -0.39 is 0 Å². The number of rotatable bonds is 17. The topological polar surface area (TPSA) is 115 Å². The molecule has 0 unspecified atom stereocenters. The molecule has 0 aliphatic heterocycles. The number of nitrogens with one attached hydrogen (secondary N) is 3. The summed E-state index contributed by atoms with van der Waals surface area (Å²) in [5.74, 6) is 1.39. The molecule has 0 heterocycles. The second-order valence-electron chi connectivity index (χ2n) is 11.1. The SMILES string of the molecule is CCCCCCCCCNC(=O)CCCNc1ccc2c(cc1=O)[C@@H](NC(C)=O)CCc1cc(OC)c(OC)c(OC)c1-2. The minimum absolute atomic E-state index is 0.0340. The van der Waals surface area contributed by atoms with Crippen LogP contribution in [0, 0.1) is 0 Å². The standard InChI is InChI=1S/C34H49N3O6/c1-6-7-8-9-10-11-12-19-36-31(40)14-13-20-35-28-18-16-25-26(22-29(28)39)27(37-23(2)38)17-15-24-21-30(41-3)33(42-4)34(43-5)32(24)25/h16,18,21-22,27H,6-15,17,19-20H2,1-5H3,(H,35,39)(H,36,40)(H,37,38)/t27-/m0/s1. The van der Waals surface area contributed by atoms with Crippen molar-refractivity contribution < 1.29 is 23.8 Å². The summed E-state index contributed by atoms with van der Waals surface area (Å²) in [6.07, 6.45) is 10.7. The third kappa shape index (κ3) is 9.37. The van der Waals surface area contributed by atoms with Crippen LogP contribution in [0.25, 0.3) is 11.1 Å². The maximum absolute atomic E-state index is 13.4. The van der Waals surface area contributed by atoms with Crippen LogP contribution >= 0.6 is 0 Å². The number of fused-ring (bicyclic) bond motifs is 3. The fourth-order valence-corrected chi connectivity index (χ4v) is 5.72. The molecule has 3 rings (SSSR count). The average Bonchev–Trinajstić information content (AvgIpc) is 3.23. The molecule has 0 spiro atoms. The van der Waals surface area contributed by atoms with E-state index in [0.29, 0.717) is 67.3 Å². The number of amides is 2. The molecule has 0 radical (unpaired) electrons. The van der Waals surface area contributed by atoms with Crippen molar-refractivity contribution in [1.29, 1.82) is 0 Å². The van der Waals surface area contributed by atoms with E-state index in [2.05, 4.69) is 22.9 Å². The molecule has 1 aliphatic carbocycles. The van der Waals surface area contributed by atoms with Gasteiger partial charge in [0.15, 0.2) is 11.5 Å². The maximum Gasteiger partial charge on any atom is 0.220 e. The normalized spacial score (nSPS) is 13.7. The van der Waals surface area contributed by atoms with E-state index in [1.807, 2.05) is 12.1 Å². The summed E-state index contributed by atoms with van der Waals surface area (Å²) < 4.78 is 17.1. The lowest BCUT2D eigenvalue weighted by molar-refractivity contribution is -0.121. The molecule has 1 atom stereocenters. The molecule has 0 saturated heterocycles. The first-order chi connectivity index (χ1) is 20.8. The van der Waals surface area contributed by atoms with Crippen LogP contribution in [-0.2, 0) is 16.0 Å². The Morgan fingerprint density at radius 2 is 1.60 bits per heavy atom. The highest BCUT2D eigenvalue weighted by Gasteiger charge is 2.29. The van der Waals surface area contributed by atoms with Crippen molar-refractivity contribution in [1.82, 2.24) is 10.6 Å². The number of hydrogen-bond acceptors (Lipinski definition) is 7. The van der Waals surface area contributed by atoms with E-state index in [4.69, 9.17) is 14.2 Å². The minimum atomic E-state index is -0.366. The second-order valence-corrected chi connectivity index (χ2v) is 11.1. The van der Waals surface area contributed by atoms with Gasteiger partial charge in [-0.05, 0) is 60.6 Å². The number of carbonyl (C=O) groups is 2. The van der Waals surface area contributed by atoms with Crippen molar-refractivity contribution in [3.8, 4) is 28.4 Å². The first-order valence-electron chi connectivity index (χ1n) is 15.6. The summed E-state index contributed by atoms with van der Waals surface area (Å²) in [5.41, 5.74) is 3.50. The van der Waals surface area contributed by atoms with Gasteiger partial charge < -0.3 is 30.2 Å². The number of hydrogen-bond donors (Lipinski definition) is 3. The largest absolute Gasteiger partial charge is 0.493 e. The predicted octanol–water partition coefficient (Wildman–Crippen LogP) is 5.92. The Bertz CT molecular complexity index is 1300. The Hall–Kier alpha value is -3.75. The van der Waals surface area contributed by atoms with E-state index in [-0.39, 0.29) is 23.3 Å². The van der Waals surface area contributed by atoms with Gasteiger partial charge in [0.1, 0.15) is 0 Å². The molecule has 9 heteroatoms. The maximum atomic E-state index is 13.4. The van der Waals surface area contributed by atoms with Crippen molar-refractivity contribution >= 4 is 17.5 Å². The molecular weight excluding hydrogens is 546 g/mol. The van der Waals surface area contributed by atoms with E-state index in [0.717, 1.165) is 29.5 Å². The Kier molecular flexibility index (Phi) is 13.6. The zero-order chi connectivity index (χ0) is 31.2. The van der Waals surface area contributed by atoms with E-state index in [9.17, 15) is 14.4 Å². The van der Waals surface area contributed by atoms with Gasteiger partial charge in [0, 0.05) is 32.0 Å².